The number of piperazine rings is 1. The van der Waals surface area contributed by atoms with E-state index >= 15 is 0 Å². The molecule has 1 aliphatic carbocycles. The molecule has 2 saturated heterocycles. The van der Waals surface area contributed by atoms with Gasteiger partial charge in [-0.05, 0) is 62.2 Å². The van der Waals surface area contributed by atoms with Crippen LogP contribution in [-0.4, -0.2) is 79.9 Å². The lowest BCUT2D eigenvalue weighted by atomic mass is 9.84. The Labute approximate surface area is 216 Å². The van der Waals surface area contributed by atoms with Crippen LogP contribution in [0.1, 0.15) is 46.4 Å². The fourth-order valence-corrected chi connectivity index (χ4v) is 5.18. The fraction of sp³-hybridized carbons (Fsp3) is 0.464. The van der Waals surface area contributed by atoms with Gasteiger partial charge < -0.3 is 25.3 Å². The minimum Gasteiger partial charge on any atom is -0.366 e. The third kappa shape index (κ3) is 5.77. The Morgan fingerprint density at radius 2 is 1.65 bits per heavy atom. The summed E-state index contributed by atoms with van der Waals surface area (Å²) in [5.74, 6) is -0.583. The molecule has 196 valence electrons. The summed E-state index contributed by atoms with van der Waals surface area (Å²) in [7, 11) is 0. The molecule has 2 aliphatic heterocycles. The average molecular weight is 508 g/mol. The van der Waals surface area contributed by atoms with E-state index in [1.807, 2.05) is 15.9 Å². The highest BCUT2D eigenvalue weighted by molar-refractivity contribution is 6.07. The Kier molecular flexibility index (Phi) is 7.69. The van der Waals surface area contributed by atoms with Crippen molar-refractivity contribution in [2.24, 2.45) is 5.92 Å². The minimum absolute atomic E-state index is 0.0765. The number of carbonyl (C=O) groups excluding carboxylic acids is 3. The summed E-state index contributed by atoms with van der Waals surface area (Å²) in [6.07, 6.45) is 3.98. The Morgan fingerprint density at radius 3 is 2.38 bits per heavy atom. The number of anilines is 2. The number of benzene rings is 2. The predicted octanol–water partition coefficient (Wildman–Crippen LogP) is 2.96. The monoisotopic (exact) mass is 507 g/mol. The number of carbonyl (C=O) groups is 3. The molecule has 0 atom stereocenters. The first-order valence-corrected chi connectivity index (χ1v) is 13.2. The van der Waals surface area contributed by atoms with Crippen LogP contribution in [0.3, 0.4) is 0 Å². The van der Waals surface area contributed by atoms with Gasteiger partial charge in [-0.3, -0.25) is 14.4 Å². The van der Waals surface area contributed by atoms with E-state index in [9.17, 15) is 18.8 Å². The van der Waals surface area contributed by atoms with Crippen molar-refractivity contribution in [3.8, 4) is 0 Å². The molecule has 0 aromatic heterocycles. The molecule has 2 aromatic carbocycles. The Balaban J connectivity index is 1.37. The topological polar surface area (TPSA) is 85.0 Å². The van der Waals surface area contributed by atoms with Crippen LogP contribution in [0.2, 0.25) is 0 Å². The summed E-state index contributed by atoms with van der Waals surface area (Å²) in [5, 5.41) is 6.23. The van der Waals surface area contributed by atoms with Gasteiger partial charge in [0.15, 0.2) is 0 Å². The van der Waals surface area contributed by atoms with Crippen molar-refractivity contribution in [2.45, 2.75) is 25.7 Å². The lowest BCUT2D eigenvalue weighted by Crippen LogP contribution is -2.51. The number of hydrogen-bond donors (Lipinski definition) is 2. The molecular formula is C28H34FN5O3. The molecule has 2 N–H and O–H groups in total. The van der Waals surface area contributed by atoms with Crippen LogP contribution in [0.25, 0.3) is 0 Å². The first-order valence-electron chi connectivity index (χ1n) is 13.2. The van der Waals surface area contributed by atoms with Crippen LogP contribution in [0.15, 0.2) is 42.5 Å². The van der Waals surface area contributed by atoms with Gasteiger partial charge in [0.1, 0.15) is 5.82 Å². The Hall–Kier alpha value is -3.46. The van der Waals surface area contributed by atoms with Gasteiger partial charge in [0.25, 0.3) is 11.8 Å². The number of hydrogen-bond acceptors (Lipinski definition) is 5. The van der Waals surface area contributed by atoms with Crippen molar-refractivity contribution in [1.29, 1.82) is 0 Å². The van der Waals surface area contributed by atoms with Gasteiger partial charge in [0.05, 0.1) is 11.4 Å². The van der Waals surface area contributed by atoms with Crippen LogP contribution in [0.5, 0.6) is 0 Å². The van der Waals surface area contributed by atoms with E-state index in [1.165, 1.54) is 18.2 Å². The molecule has 3 fully saturated rings. The van der Waals surface area contributed by atoms with E-state index in [0.29, 0.717) is 50.5 Å². The first kappa shape index (κ1) is 25.2. The van der Waals surface area contributed by atoms with Crippen molar-refractivity contribution in [3.05, 3.63) is 59.4 Å². The van der Waals surface area contributed by atoms with Gasteiger partial charge in [0, 0.05) is 62.9 Å². The minimum atomic E-state index is -0.487. The van der Waals surface area contributed by atoms with Crippen molar-refractivity contribution in [1.82, 2.24) is 15.1 Å². The van der Waals surface area contributed by atoms with E-state index in [1.54, 1.807) is 18.2 Å². The molecule has 0 unspecified atom stereocenters. The van der Waals surface area contributed by atoms with Gasteiger partial charge in [-0.25, -0.2) is 4.39 Å². The second-order valence-electron chi connectivity index (χ2n) is 10.0. The average Bonchev–Trinajstić information content (AvgIpc) is 3.17. The largest absolute Gasteiger partial charge is 0.366 e. The second kappa shape index (κ2) is 11.3. The molecule has 8 nitrogen and oxygen atoms in total. The summed E-state index contributed by atoms with van der Waals surface area (Å²) in [4.78, 5) is 44.9. The quantitative estimate of drug-likeness (QED) is 0.650. The number of nitrogens with zero attached hydrogens (tertiary/aromatic N) is 3. The van der Waals surface area contributed by atoms with Gasteiger partial charge in [-0.1, -0.05) is 12.5 Å². The molecular weight excluding hydrogens is 473 g/mol. The number of nitrogens with one attached hydrogen (secondary N) is 2. The van der Waals surface area contributed by atoms with E-state index in [0.717, 1.165) is 44.5 Å². The van der Waals surface area contributed by atoms with E-state index in [2.05, 4.69) is 15.5 Å². The summed E-state index contributed by atoms with van der Waals surface area (Å²) in [5.41, 5.74) is 2.00. The summed E-state index contributed by atoms with van der Waals surface area (Å²) in [6, 6.07) is 10.9. The molecule has 1 saturated carbocycles. The summed E-state index contributed by atoms with van der Waals surface area (Å²) < 4.78 is 13.8. The molecule has 2 aromatic rings. The van der Waals surface area contributed by atoms with Crippen LogP contribution >= 0.6 is 0 Å². The number of amides is 3. The van der Waals surface area contributed by atoms with Crippen molar-refractivity contribution >= 4 is 29.1 Å². The maximum atomic E-state index is 13.8. The molecule has 3 amide bonds. The Bertz CT molecular complexity index is 1150. The summed E-state index contributed by atoms with van der Waals surface area (Å²) >= 11 is 0. The van der Waals surface area contributed by atoms with Crippen LogP contribution in [0, 0.1) is 11.7 Å². The van der Waals surface area contributed by atoms with Gasteiger partial charge in [-0.2, -0.15) is 0 Å². The normalized spacial score (nSPS) is 18.7. The molecule has 9 heteroatoms. The van der Waals surface area contributed by atoms with Crippen molar-refractivity contribution in [3.63, 3.8) is 0 Å². The zero-order valence-corrected chi connectivity index (χ0v) is 21.0. The van der Waals surface area contributed by atoms with E-state index < -0.39 is 11.7 Å². The van der Waals surface area contributed by atoms with Crippen molar-refractivity contribution in [2.75, 3.05) is 62.6 Å². The standard InChI is InChI=1S/C28H34FN5O3/c29-23-7-2-6-21(18-23)26(35)31-24-19-22(28(37)33-12-3-10-30-11-13-33)8-9-25(24)32-14-16-34(17-15-32)27(36)20-4-1-5-20/h2,6-9,18-20,30H,1,3-5,10-17H2,(H,31,35). The lowest BCUT2D eigenvalue weighted by Gasteiger charge is -2.39. The molecule has 5 rings (SSSR count). The zero-order chi connectivity index (χ0) is 25.8. The second-order valence-corrected chi connectivity index (χ2v) is 10.0. The highest BCUT2D eigenvalue weighted by Gasteiger charge is 2.32. The lowest BCUT2D eigenvalue weighted by molar-refractivity contribution is -0.138. The number of halogens is 1. The Morgan fingerprint density at radius 1 is 0.838 bits per heavy atom. The maximum absolute atomic E-state index is 13.8. The summed E-state index contributed by atoms with van der Waals surface area (Å²) in [6.45, 7) is 5.43. The SMILES string of the molecule is O=C(Nc1cc(C(=O)N2CCCNCC2)ccc1N1CCN(C(=O)C2CCC2)CC1)c1cccc(F)c1. The molecule has 0 radical (unpaired) electrons. The maximum Gasteiger partial charge on any atom is 0.255 e. The fourth-order valence-electron chi connectivity index (χ4n) is 5.18. The first-order chi connectivity index (χ1) is 18.0. The number of rotatable bonds is 5. The predicted molar refractivity (Wildman–Crippen MR) is 140 cm³/mol. The van der Waals surface area contributed by atoms with Crippen LogP contribution in [0.4, 0.5) is 15.8 Å². The van der Waals surface area contributed by atoms with Crippen LogP contribution < -0.4 is 15.5 Å². The highest BCUT2D eigenvalue weighted by Crippen LogP contribution is 2.32. The van der Waals surface area contributed by atoms with Crippen molar-refractivity contribution < 1.29 is 18.8 Å². The highest BCUT2D eigenvalue weighted by atomic mass is 19.1. The van der Waals surface area contributed by atoms with Gasteiger partial charge in [0.2, 0.25) is 5.91 Å². The molecule has 37 heavy (non-hydrogen) atoms. The smallest absolute Gasteiger partial charge is 0.255 e. The molecule has 2 heterocycles. The molecule has 0 spiro atoms. The molecule has 3 aliphatic rings. The zero-order valence-electron chi connectivity index (χ0n) is 21.0. The molecule has 0 bridgehead atoms. The van der Waals surface area contributed by atoms with Gasteiger partial charge >= 0.3 is 0 Å². The van der Waals surface area contributed by atoms with E-state index in [4.69, 9.17) is 0 Å². The third-order valence-corrected chi connectivity index (χ3v) is 7.59. The van der Waals surface area contributed by atoms with Crippen LogP contribution in [-0.2, 0) is 4.79 Å². The van der Waals surface area contributed by atoms with E-state index in [-0.39, 0.29) is 23.3 Å². The third-order valence-electron chi connectivity index (χ3n) is 7.59. The van der Waals surface area contributed by atoms with Gasteiger partial charge in [-0.15, -0.1) is 0 Å².